The number of methoxy groups -OCH3 is 1. The molecular weight excluding hydrogens is 199 g/mol. The van der Waals surface area contributed by atoms with Gasteiger partial charge in [0.1, 0.15) is 11.9 Å². The van der Waals surface area contributed by atoms with Crippen molar-refractivity contribution in [2.75, 3.05) is 19.0 Å². The van der Waals surface area contributed by atoms with Gasteiger partial charge in [-0.25, -0.2) is 9.18 Å². The van der Waals surface area contributed by atoms with E-state index in [-0.39, 0.29) is 12.2 Å². The summed E-state index contributed by atoms with van der Waals surface area (Å²) in [6.45, 7) is 0.0427. The number of carbonyl (C=O) groups excluding carboxylic acids is 1. The average molecular weight is 212 g/mol. The van der Waals surface area contributed by atoms with E-state index in [1.54, 1.807) is 12.1 Å². The van der Waals surface area contributed by atoms with E-state index in [1.807, 2.05) is 0 Å². The van der Waals surface area contributed by atoms with E-state index >= 15 is 0 Å². The van der Waals surface area contributed by atoms with Crippen molar-refractivity contribution in [3.05, 3.63) is 30.1 Å². The largest absolute Gasteiger partial charge is 0.467 e. The first-order valence-electron chi connectivity index (χ1n) is 4.48. The molecule has 82 valence electrons. The summed E-state index contributed by atoms with van der Waals surface area (Å²) in [5.41, 5.74) is 5.60. The van der Waals surface area contributed by atoms with Gasteiger partial charge in [0, 0.05) is 6.54 Å². The lowest BCUT2D eigenvalue weighted by atomic mass is 10.2. The van der Waals surface area contributed by atoms with Crippen molar-refractivity contribution in [1.82, 2.24) is 0 Å². The fourth-order valence-electron chi connectivity index (χ4n) is 1.12. The van der Waals surface area contributed by atoms with Crippen LogP contribution in [0.1, 0.15) is 0 Å². The molecule has 0 aliphatic rings. The summed E-state index contributed by atoms with van der Waals surface area (Å²) >= 11 is 0. The fourth-order valence-corrected chi connectivity index (χ4v) is 1.12. The molecule has 0 aromatic heterocycles. The fraction of sp³-hybridized carbons (Fsp3) is 0.300. The number of ether oxygens (including phenoxy) is 1. The number of anilines is 1. The van der Waals surface area contributed by atoms with Gasteiger partial charge in [0.2, 0.25) is 0 Å². The number of benzene rings is 1. The van der Waals surface area contributed by atoms with E-state index in [0.29, 0.717) is 0 Å². The minimum atomic E-state index is -0.730. The summed E-state index contributed by atoms with van der Waals surface area (Å²) in [7, 11) is 1.26. The molecule has 1 aromatic carbocycles. The molecule has 1 aromatic rings. The molecular formula is C10H13FN2O2. The Bertz CT molecular complexity index is 344. The van der Waals surface area contributed by atoms with Crippen molar-refractivity contribution in [2.45, 2.75) is 6.04 Å². The van der Waals surface area contributed by atoms with Gasteiger partial charge in [-0.1, -0.05) is 12.1 Å². The van der Waals surface area contributed by atoms with Crippen LogP contribution in [0.5, 0.6) is 0 Å². The molecule has 0 radical (unpaired) electrons. The second-order valence-electron chi connectivity index (χ2n) is 2.94. The summed E-state index contributed by atoms with van der Waals surface area (Å²) < 4.78 is 17.7. The van der Waals surface area contributed by atoms with Gasteiger partial charge in [-0.2, -0.15) is 0 Å². The van der Waals surface area contributed by atoms with Gasteiger partial charge >= 0.3 is 5.97 Å². The number of hydrogen-bond acceptors (Lipinski definition) is 4. The van der Waals surface area contributed by atoms with Crippen LogP contribution >= 0.6 is 0 Å². The number of carbonyl (C=O) groups is 1. The van der Waals surface area contributed by atoms with Crippen LogP contribution in [0.4, 0.5) is 10.1 Å². The number of nitrogens with two attached hydrogens (primary N) is 1. The van der Waals surface area contributed by atoms with Gasteiger partial charge in [-0.05, 0) is 12.1 Å². The van der Waals surface area contributed by atoms with Crippen molar-refractivity contribution in [1.29, 1.82) is 0 Å². The zero-order chi connectivity index (χ0) is 11.3. The number of para-hydroxylation sites is 1. The maximum Gasteiger partial charge on any atom is 0.329 e. The molecule has 0 heterocycles. The van der Waals surface area contributed by atoms with Crippen LogP contribution in [0.2, 0.25) is 0 Å². The lowest BCUT2D eigenvalue weighted by Crippen LogP contribution is -2.37. The second-order valence-corrected chi connectivity index (χ2v) is 2.94. The molecule has 0 aliphatic carbocycles. The smallest absolute Gasteiger partial charge is 0.329 e. The predicted octanol–water partition coefficient (Wildman–Crippen LogP) is 0.738. The molecule has 5 heteroatoms. The molecule has 1 atom stereocenters. The van der Waals surface area contributed by atoms with Crippen LogP contribution < -0.4 is 11.1 Å². The monoisotopic (exact) mass is 212 g/mol. The van der Waals surface area contributed by atoms with Crippen molar-refractivity contribution in [3.8, 4) is 0 Å². The van der Waals surface area contributed by atoms with Gasteiger partial charge in [0.05, 0.1) is 12.8 Å². The van der Waals surface area contributed by atoms with Crippen LogP contribution in [0.3, 0.4) is 0 Å². The molecule has 1 unspecified atom stereocenters. The first-order valence-corrected chi connectivity index (χ1v) is 4.48. The summed E-state index contributed by atoms with van der Waals surface area (Å²) in [5.74, 6) is -0.944. The Morgan fingerprint density at radius 3 is 2.80 bits per heavy atom. The van der Waals surface area contributed by atoms with Crippen LogP contribution in [0.15, 0.2) is 24.3 Å². The molecule has 4 nitrogen and oxygen atoms in total. The normalized spacial score (nSPS) is 11.9. The Hall–Kier alpha value is -1.62. The van der Waals surface area contributed by atoms with Crippen LogP contribution in [0.25, 0.3) is 0 Å². The zero-order valence-electron chi connectivity index (χ0n) is 8.37. The van der Waals surface area contributed by atoms with Crippen LogP contribution in [0, 0.1) is 5.82 Å². The number of rotatable bonds is 4. The zero-order valence-corrected chi connectivity index (χ0v) is 8.37. The maximum absolute atomic E-state index is 13.2. The standard InChI is InChI=1S/C10H13FN2O2/c1-15-10(14)9(6-12)13-8-5-3-2-4-7(8)11/h2-5,9,13H,6,12H2,1H3. The van der Waals surface area contributed by atoms with E-state index in [9.17, 15) is 9.18 Å². The minimum absolute atomic E-state index is 0.0427. The minimum Gasteiger partial charge on any atom is -0.467 e. The molecule has 15 heavy (non-hydrogen) atoms. The Labute approximate surface area is 87.2 Å². The van der Waals surface area contributed by atoms with E-state index in [0.717, 1.165) is 0 Å². The van der Waals surface area contributed by atoms with E-state index in [4.69, 9.17) is 5.73 Å². The molecule has 3 N–H and O–H groups in total. The van der Waals surface area contributed by atoms with Gasteiger partial charge in [0.15, 0.2) is 0 Å². The van der Waals surface area contributed by atoms with Crippen LogP contribution in [-0.4, -0.2) is 25.7 Å². The average Bonchev–Trinajstić information content (AvgIpc) is 2.27. The maximum atomic E-state index is 13.2. The Balaban J connectivity index is 2.75. The molecule has 0 bridgehead atoms. The topological polar surface area (TPSA) is 64.3 Å². The third-order valence-corrected chi connectivity index (χ3v) is 1.92. The lowest BCUT2D eigenvalue weighted by molar-refractivity contribution is -0.141. The van der Waals surface area contributed by atoms with Crippen molar-refractivity contribution < 1.29 is 13.9 Å². The summed E-state index contributed by atoms with van der Waals surface area (Å²) in [5, 5.41) is 2.67. The third-order valence-electron chi connectivity index (χ3n) is 1.92. The van der Waals surface area contributed by atoms with Gasteiger partial charge in [0.25, 0.3) is 0 Å². The predicted molar refractivity (Wildman–Crippen MR) is 54.9 cm³/mol. The van der Waals surface area contributed by atoms with E-state index in [2.05, 4.69) is 10.1 Å². The summed E-state index contributed by atoms with van der Waals surface area (Å²) in [6, 6.07) is 5.33. The Kier molecular flexibility index (Phi) is 4.05. The highest BCUT2D eigenvalue weighted by molar-refractivity contribution is 5.79. The second kappa shape index (κ2) is 5.31. The number of nitrogens with one attached hydrogen (secondary N) is 1. The SMILES string of the molecule is COC(=O)C(CN)Nc1ccccc1F. The van der Waals surface area contributed by atoms with Gasteiger partial charge < -0.3 is 15.8 Å². The molecule has 0 aliphatic heterocycles. The highest BCUT2D eigenvalue weighted by Crippen LogP contribution is 2.13. The van der Waals surface area contributed by atoms with Gasteiger partial charge in [-0.15, -0.1) is 0 Å². The Morgan fingerprint density at radius 2 is 2.27 bits per heavy atom. The van der Waals surface area contributed by atoms with Crippen molar-refractivity contribution in [2.24, 2.45) is 5.73 Å². The van der Waals surface area contributed by atoms with Gasteiger partial charge in [-0.3, -0.25) is 0 Å². The van der Waals surface area contributed by atoms with Crippen molar-refractivity contribution in [3.63, 3.8) is 0 Å². The molecule has 0 saturated carbocycles. The third kappa shape index (κ3) is 2.92. The number of halogens is 1. The molecule has 0 fully saturated rings. The lowest BCUT2D eigenvalue weighted by Gasteiger charge is -2.15. The molecule has 0 saturated heterocycles. The van der Waals surface area contributed by atoms with E-state index in [1.165, 1.54) is 19.2 Å². The first kappa shape index (κ1) is 11.5. The van der Waals surface area contributed by atoms with E-state index < -0.39 is 17.8 Å². The molecule has 0 amide bonds. The highest BCUT2D eigenvalue weighted by Gasteiger charge is 2.17. The summed E-state index contributed by atoms with van der Waals surface area (Å²) in [6.07, 6.45) is 0. The Morgan fingerprint density at radius 1 is 1.60 bits per heavy atom. The highest BCUT2D eigenvalue weighted by atomic mass is 19.1. The number of esters is 1. The molecule has 1 rings (SSSR count). The van der Waals surface area contributed by atoms with Crippen LogP contribution in [-0.2, 0) is 9.53 Å². The van der Waals surface area contributed by atoms with Crippen molar-refractivity contribution >= 4 is 11.7 Å². The number of hydrogen-bond donors (Lipinski definition) is 2. The quantitative estimate of drug-likeness (QED) is 0.722. The molecule has 0 spiro atoms. The summed E-state index contributed by atoms with van der Waals surface area (Å²) in [4.78, 5) is 11.2. The first-order chi connectivity index (χ1) is 7.19.